The standard InChI is InChI=1S/C27H45NO5/c1-16(8-11-23(31)28(4)15-24(32)33)18-9-10-19-25-20(14-22(30)27(18,19)3)26(2)12-6-5-7-17(26)13-21(25)29/h16-22,25,29-30H,5-15H2,1-4H3,(H,32,33)/t16-,17+,18-,19+,20+,21-,22+,25+,26+,27-/m1/s1. The van der Waals surface area contributed by atoms with E-state index in [1.165, 1.54) is 30.6 Å². The van der Waals surface area contributed by atoms with Gasteiger partial charge in [-0.3, -0.25) is 9.59 Å². The Kier molecular flexibility index (Phi) is 6.92. The van der Waals surface area contributed by atoms with Crippen LogP contribution >= 0.6 is 0 Å². The highest BCUT2D eigenvalue weighted by atomic mass is 16.4. The van der Waals surface area contributed by atoms with E-state index in [1.807, 2.05) is 0 Å². The van der Waals surface area contributed by atoms with Gasteiger partial charge in [0.25, 0.3) is 0 Å². The van der Waals surface area contributed by atoms with Gasteiger partial charge in [-0.2, -0.15) is 0 Å². The van der Waals surface area contributed by atoms with Gasteiger partial charge in [0, 0.05) is 13.5 Å². The zero-order chi connectivity index (χ0) is 24.1. The van der Waals surface area contributed by atoms with Crippen molar-refractivity contribution in [2.24, 2.45) is 46.3 Å². The summed E-state index contributed by atoms with van der Waals surface area (Å²) < 4.78 is 0. The molecule has 0 aromatic heterocycles. The topological polar surface area (TPSA) is 98.1 Å². The van der Waals surface area contributed by atoms with Gasteiger partial charge >= 0.3 is 5.97 Å². The monoisotopic (exact) mass is 463 g/mol. The van der Waals surface area contributed by atoms with Crippen molar-refractivity contribution in [3.05, 3.63) is 0 Å². The molecule has 0 heterocycles. The van der Waals surface area contributed by atoms with Gasteiger partial charge in [0.1, 0.15) is 6.54 Å². The number of aliphatic hydroxyl groups is 2. The number of aliphatic carboxylic acids is 1. The lowest BCUT2D eigenvalue weighted by Gasteiger charge is -2.63. The second kappa shape index (κ2) is 9.14. The van der Waals surface area contributed by atoms with Crippen LogP contribution in [0, 0.1) is 46.3 Å². The van der Waals surface area contributed by atoms with Crippen molar-refractivity contribution >= 4 is 11.9 Å². The van der Waals surface area contributed by atoms with Crippen molar-refractivity contribution in [2.45, 2.75) is 97.2 Å². The first-order chi connectivity index (χ1) is 15.5. The summed E-state index contributed by atoms with van der Waals surface area (Å²) >= 11 is 0. The molecule has 0 saturated heterocycles. The van der Waals surface area contributed by atoms with E-state index in [0.717, 1.165) is 25.7 Å². The molecule has 6 nitrogen and oxygen atoms in total. The first-order valence-corrected chi connectivity index (χ1v) is 13.3. The third kappa shape index (κ3) is 4.13. The van der Waals surface area contributed by atoms with Crippen LogP contribution in [0.4, 0.5) is 0 Å². The zero-order valence-corrected chi connectivity index (χ0v) is 21.0. The number of likely N-dealkylation sites (N-methyl/N-ethyl adjacent to an activating group) is 1. The van der Waals surface area contributed by atoms with Gasteiger partial charge in [-0.1, -0.05) is 33.6 Å². The number of rotatable bonds is 6. The summed E-state index contributed by atoms with van der Waals surface area (Å²) in [5, 5.41) is 31.9. The van der Waals surface area contributed by atoms with Crippen LogP contribution in [-0.4, -0.2) is 57.9 Å². The molecule has 3 N–H and O–H groups in total. The Morgan fingerprint density at radius 3 is 2.48 bits per heavy atom. The van der Waals surface area contributed by atoms with Crippen LogP contribution in [0.25, 0.3) is 0 Å². The van der Waals surface area contributed by atoms with Gasteiger partial charge in [-0.05, 0) is 91.3 Å². The Labute approximate surface area is 199 Å². The minimum atomic E-state index is -0.995. The lowest BCUT2D eigenvalue weighted by atomic mass is 9.43. The summed E-state index contributed by atoms with van der Waals surface area (Å²) in [6.45, 7) is 6.63. The normalized spacial score (nSPS) is 45.5. The van der Waals surface area contributed by atoms with Crippen LogP contribution in [0.3, 0.4) is 0 Å². The Bertz CT molecular complexity index is 757. The molecule has 1 amide bonds. The van der Waals surface area contributed by atoms with Crippen LogP contribution < -0.4 is 0 Å². The van der Waals surface area contributed by atoms with E-state index in [0.29, 0.717) is 36.5 Å². The fourth-order valence-corrected chi connectivity index (χ4v) is 9.22. The van der Waals surface area contributed by atoms with Crippen molar-refractivity contribution in [1.29, 1.82) is 0 Å². The minimum absolute atomic E-state index is 0.132. The Morgan fingerprint density at radius 1 is 1.06 bits per heavy atom. The number of carbonyl (C=O) groups is 2. The second-order valence-corrected chi connectivity index (χ2v) is 12.5. The molecule has 33 heavy (non-hydrogen) atoms. The van der Waals surface area contributed by atoms with E-state index in [9.17, 15) is 19.8 Å². The van der Waals surface area contributed by atoms with E-state index in [-0.39, 0.29) is 47.3 Å². The Morgan fingerprint density at radius 2 is 1.79 bits per heavy atom. The maximum absolute atomic E-state index is 12.4. The number of carboxylic acid groups (broad SMARTS) is 1. The molecular weight excluding hydrogens is 418 g/mol. The molecule has 188 valence electrons. The fraction of sp³-hybridized carbons (Fsp3) is 0.926. The van der Waals surface area contributed by atoms with Crippen molar-refractivity contribution in [2.75, 3.05) is 13.6 Å². The minimum Gasteiger partial charge on any atom is -0.480 e. The first-order valence-electron chi connectivity index (χ1n) is 13.3. The number of amides is 1. The Balaban J connectivity index is 1.49. The number of hydrogen-bond donors (Lipinski definition) is 3. The van der Waals surface area contributed by atoms with Gasteiger partial charge in [0.15, 0.2) is 0 Å². The number of aliphatic hydroxyl groups excluding tert-OH is 2. The summed E-state index contributed by atoms with van der Waals surface area (Å²) in [4.78, 5) is 24.6. The number of hydrogen-bond acceptors (Lipinski definition) is 4. The average molecular weight is 464 g/mol. The lowest BCUT2D eigenvalue weighted by molar-refractivity contribution is -0.201. The lowest BCUT2D eigenvalue weighted by Crippen LogP contribution is -2.61. The molecule has 0 unspecified atom stereocenters. The van der Waals surface area contributed by atoms with Gasteiger partial charge in [0.2, 0.25) is 5.91 Å². The number of nitrogens with zero attached hydrogens (tertiary/aromatic N) is 1. The highest BCUT2D eigenvalue weighted by Crippen LogP contribution is 2.68. The summed E-state index contributed by atoms with van der Waals surface area (Å²) in [6.07, 6.45) is 9.22. The smallest absolute Gasteiger partial charge is 0.323 e. The van der Waals surface area contributed by atoms with Crippen LogP contribution in [0.2, 0.25) is 0 Å². The molecule has 0 aliphatic heterocycles. The summed E-state index contributed by atoms with van der Waals surface area (Å²) in [5.41, 5.74) is 0.0186. The molecular formula is C27H45NO5. The van der Waals surface area contributed by atoms with Crippen molar-refractivity contribution in [3.8, 4) is 0 Å². The SMILES string of the molecule is C[C@H](CCC(=O)N(C)CC(=O)O)[C@H]1CC[C@H]2[C@@H]3[C@H](O)C[C@@H]4CCCC[C@]4(C)[C@H]3C[C@H](O)[C@]12C. The molecule has 10 atom stereocenters. The van der Waals surface area contributed by atoms with Crippen molar-refractivity contribution < 1.29 is 24.9 Å². The maximum atomic E-state index is 12.4. The molecule has 0 bridgehead atoms. The largest absolute Gasteiger partial charge is 0.480 e. The van der Waals surface area contributed by atoms with Crippen LogP contribution in [-0.2, 0) is 9.59 Å². The summed E-state index contributed by atoms with van der Waals surface area (Å²) in [7, 11) is 1.54. The average Bonchev–Trinajstić information content (AvgIpc) is 3.11. The van der Waals surface area contributed by atoms with E-state index in [1.54, 1.807) is 7.05 Å². The number of carboxylic acids is 1. The number of fused-ring (bicyclic) bond motifs is 5. The second-order valence-electron chi connectivity index (χ2n) is 12.5. The van der Waals surface area contributed by atoms with E-state index < -0.39 is 5.97 Å². The molecule has 4 fully saturated rings. The van der Waals surface area contributed by atoms with Gasteiger partial charge in [-0.15, -0.1) is 0 Å². The van der Waals surface area contributed by atoms with E-state index >= 15 is 0 Å². The maximum Gasteiger partial charge on any atom is 0.323 e. The van der Waals surface area contributed by atoms with E-state index in [4.69, 9.17) is 5.11 Å². The van der Waals surface area contributed by atoms with Crippen LogP contribution in [0.1, 0.15) is 85.0 Å². The van der Waals surface area contributed by atoms with Gasteiger partial charge in [0.05, 0.1) is 12.2 Å². The summed E-state index contributed by atoms with van der Waals surface area (Å²) in [5.74, 6) is 1.06. The number of carbonyl (C=O) groups excluding carboxylic acids is 1. The van der Waals surface area contributed by atoms with E-state index in [2.05, 4.69) is 20.8 Å². The third-order valence-electron chi connectivity index (χ3n) is 11.1. The first kappa shape index (κ1) is 25.0. The van der Waals surface area contributed by atoms with Crippen molar-refractivity contribution in [3.63, 3.8) is 0 Å². The molecule has 0 radical (unpaired) electrons. The predicted octanol–water partition coefficient (Wildman–Crippen LogP) is 3.94. The van der Waals surface area contributed by atoms with Gasteiger partial charge < -0.3 is 20.2 Å². The molecule has 4 aliphatic rings. The molecule has 6 heteroatoms. The van der Waals surface area contributed by atoms with Crippen LogP contribution in [0.15, 0.2) is 0 Å². The molecule has 0 aromatic rings. The Hall–Kier alpha value is -1.14. The van der Waals surface area contributed by atoms with Crippen LogP contribution in [0.5, 0.6) is 0 Å². The highest BCUT2D eigenvalue weighted by molar-refractivity contribution is 5.80. The quantitative estimate of drug-likeness (QED) is 0.554. The fourth-order valence-electron chi connectivity index (χ4n) is 9.22. The molecule has 4 saturated carbocycles. The molecule has 0 spiro atoms. The zero-order valence-electron chi connectivity index (χ0n) is 21.0. The molecule has 4 rings (SSSR count). The predicted molar refractivity (Wildman–Crippen MR) is 126 cm³/mol. The summed E-state index contributed by atoms with van der Waals surface area (Å²) in [6, 6.07) is 0. The molecule has 0 aromatic carbocycles. The highest BCUT2D eigenvalue weighted by Gasteiger charge is 2.65. The molecule has 4 aliphatic carbocycles. The third-order valence-corrected chi connectivity index (χ3v) is 11.1. The van der Waals surface area contributed by atoms with Gasteiger partial charge in [-0.25, -0.2) is 0 Å². The van der Waals surface area contributed by atoms with Crippen molar-refractivity contribution in [1.82, 2.24) is 4.90 Å².